The summed E-state index contributed by atoms with van der Waals surface area (Å²) >= 11 is 0. The van der Waals surface area contributed by atoms with Crippen LogP contribution in [0.2, 0.25) is 0 Å². The molecule has 7 heteroatoms. The zero-order valence-electron chi connectivity index (χ0n) is 13.6. The Morgan fingerprint density at radius 2 is 1.96 bits per heavy atom. The van der Waals surface area contributed by atoms with Gasteiger partial charge in [0.15, 0.2) is 0 Å². The first-order valence-corrected chi connectivity index (χ1v) is 10.4. The molecule has 4 rings (SSSR count). The monoisotopic (exact) mass is 338 g/mol. The third-order valence-corrected chi connectivity index (χ3v) is 7.70. The maximum atomic E-state index is 12.6. The quantitative estimate of drug-likeness (QED) is 0.818. The van der Waals surface area contributed by atoms with Gasteiger partial charge in [-0.15, -0.1) is 0 Å². The molecule has 0 aromatic carbocycles. The van der Waals surface area contributed by atoms with E-state index in [0.717, 1.165) is 31.5 Å². The van der Waals surface area contributed by atoms with Gasteiger partial charge >= 0.3 is 0 Å². The van der Waals surface area contributed by atoms with E-state index in [9.17, 15) is 8.42 Å². The highest BCUT2D eigenvalue weighted by molar-refractivity contribution is 7.90. The fourth-order valence-corrected chi connectivity index (χ4v) is 5.70. The number of piperidine rings is 1. The van der Waals surface area contributed by atoms with Crippen molar-refractivity contribution < 1.29 is 8.42 Å². The van der Waals surface area contributed by atoms with Gasteiger partial charge in [0, 0.05) is 19.3 Å². The molecule has 1 atom stereocenters. The maximum absolute atomic E-state index is 12.6. The lowest BCUT2D eigenvalue weighted by Gasteiger charge is -2.35. The summed E-state index contributed by atoms with van der Waals surface area (Å²) in [5.41, 5.74) is 1.03. The minimum absolute atomic E-state index is 0.125. The van der Waals surface area contributed by atoms with Crippen LogP contribution in [0.1, 0.15) is 50.3 Å². The molecule has 0 spiro atoms. The normalized spacial score (nSPS) is 27.0. The van der Waals surface area contributed by atoms with E-state index in [0.29, 0.717) is 13.1 Å². The van der Waals surface area contributed by atoms with Crippen LogP contribution in [-0.2, 0) is 16.6 Å². The van der Waals surface area contributed by atoms with Gasteiger partial charge in [0.2, 0.25) is 10.0 Å². The van der Waals surface area contributed by atoms with Crippen molar-refractivity contribution in [1.82, 2.24) is 19.0 Å². The van der Waals surface area contributed by atoms with E-state index in [4.69, 9.17) is 0 Å². The summed E-state index contributed by atoms with van der Waals surface area (Å²) in [7, 11) is -3.11. The summed E-state index contributed by atoms with van der Waals surface area (Å²) < 4.78 is 29.0. The van der Waals surface area contributed by atoms with Gasteiger partial charge in [-0.1, -0.05) is 6.42 Å². The van der Waals surface area contributed by atoms with Crippen LogP contribution in [0.25, 0.3) is 0 Å². The molecule has 2 aliphatic heterocycles. The second-order valence-electron chi connectivity index (χ2n) is 7.15. The Bertz CT molecular complexity index is 647. The lowest BCUT2D eigenvalue weighted by atomic mass is 10.1. The molecule has 0 unspecified atom stereocenters. The lowest BCUT2D eigenvalue weighted by molar-refractivity contribution is 0.188. The molecule has 0 radical (unpaired) electrons. The first-order valence-electron chi connectivity index (χ1n) is 8.88. The van der Waals surface area contributed by atoms with E-state index in [1.807, 2.05) is 6.07 Å². The third kappa shape index (κ3) is 3.19. The van der Waals surface area contributed by atoms with E-state index in [2.05, 4.69) is 14.7 Å². The van der Waals surface area contributed by atoms with Crippen LogP contribution in [0.4, 0.5) is 0 Å². The van der Waals surface area contributed by atoms with Crippen LogP contribution in [0.15, 0.2) is 12.3 Å². The van der Waals surface area contributed by atoms with Gasteiger partial charge in [0.1, 0.15) is 0 Å². The van der Waals surface area contributed by atoms with Gasteiger partial charge in [0.05, 0.1) is 23.5 Å². The molecule has 1 aliphatic carbocycles. The van der Waals surface area contributed by atoms with Gasteiger partial charge in [-0.25, -0.2) is 8.42 Å². The summed E-state index contributed by atoms with van der Waals surface area (Å²) in [6, 6.07) is 2.13. The minimum Gasteiger partial charge on any atom is -0.303 e. The van der Waals surface area contributed by atoms with Crippen LogP contribution in [0.5, 0.6) is 0 Å². The number of likely N-dealkylation sites (tertiary alicyclic amines) is 1. The minimum atomic E-state index is -3.11. The molecule has 1 saturated heterocycles. The fraction of sp³-hybridized carbons (Fsp3) is 0.812. The number of hydrogen-bond donors (Lipinski definition) is 0. The molecule has 2 fully saturated rings. The van der Waals surface area contributed by atoms with Crippen molar-refractivity contribution >= 4 is 10.0 Å². The molecule has 0 bridgehead atoms. The van der Waals surface area contributed by atoms with Crippen LogP contribution in [0.3, 0.4) is 0 Å². The summed E-state index contributed by atoms with van der Waals surface area (Å²) in [5, 5.41) is 4.33. The Labute approximate surface area is 138 Å². The average Bonchev–Trinajstić information content (AvgIpc) is 3.32. The zero-order chi connectivity index (χ0) is 15.9. The molecule has 6 nitrogen and oxygen atoms in total. The second-order valence-corrected chi connectivity index (χ2v) is 9.36. The summed E-state index contributed by atoms with van der Waals surface area (Å²) in [6.07, 6.45) is 8.37. The predicted octanol–water partition coefficient (Wildman–Crippen LogP) is 1.61. The summed E-state index contributed by atoms with van der Waals surface area (Å²) in [6.45, 7) is 4.48. The van der Waals surface area contributed by atoms with Crippen LogP contribution in [-0.4, -0.2) is 58.8 Å². The van der Waals surface area contributed by atoms with E-state index in [1.165, 1.54) is 32.4 Å². The van der Waals surface area contributed by atoms with Crippen LogP contribution >= 0.6 is 0 Å². The Hall–Kier alpha value is -0.920. The van der Waals surface area contributed by atoms with Gasteiger partial charge in [-0.3, -0.25) is 4.68 Å². The molecule has 0 amide bonds. The highest BCUT2D eigenvalue weighted by atomic mass is 32.2. The first kappa shape index (κ1) is 15.6. The van der Waals surface area contributed by atoms with Crippen molar-refractivity contribution in [1.29, 1.82) is 0 Å². The number of rotatable bonds is 5. The lowest BCUT2D eigenvalue weighted by Crippen LogP contribution is -2.43. The predicted molar refractivity (Wildman–Crippen MR) is 88.5 cm³/mol. The number of fused-ring (bicyclic) bond motifs is 1. The number of hydrogen-bond acceptors (Lipinski definition) is 4. The van der Waals surface area contributed by atoms with E-state index in [-0.39, 0.29) is 11.3 Å². The van der Waals surface area contributed by atoms with E-state index < -0.39 is 10.0 Å². The molecule has 0 N–H and O–H groups in total. The van der Waals surface area contributed by atoms with Crippen molar-refractivity contribution in [2.24, 2.45) is 0 Å². The van der Waals surface area contributed by atoms with Crippen LogP contribution in [0, 0.1) is 0 Å². The third-order valence-electron chi connectivity index (χ3n) is 5.38. The Balaban J connectivity index is 1.47. The second kappa shape index (κ2) is 6.18. The smallest absolute Gasteiger partial charge is 0.217 e. The van der Waals surface area contributed by atoms with Crippen molar-refractivity contribution in [3.63, 3.8) is 0 Å². The average molecular weight is 338 g/mol. The molecule has 3 aliphatic rings. The highest BCUT2D eigenvalue weighted by Gasteiger charge is 2.42. The van der Waals surface area contributed by atoms with Gasteiger partial charge in [-0.2, -0.15) is 9.40 Å². The highest BCUT2D eigenvalue weighted by Crippen LogP contribution is 2.34. The molecular weight excluding hydrogens is 312 g/mol. The fourth-order valence-electron chi connectivity index (χ4n) is 3.85. The number of sulfonamides is 1. The molecular formula is C16H26N4O2S. The van der Waals surface area contributed by atoms with Crippen molar-refractivity contribution in [3.05, 3.63) is 18.0 Å². The Morgan fingerprint density at radius 3 is 2.70 bits per heavy atom. The van der Waals surface area contributed by atoms with Gasteiger partial charge in [0.25, 0.3) is 0 Å². The molecule has 128 valence electrons. The van der Waals surface area contributed by atoms with Crippen molar-refractivity contribution in [3.8, 4) is 0 Å². The largest absolute Gasteiger partial charge is 0.303 e. The van der Waals surface area contributed by atoms with Crippen LogP contribution < -0.4 is 0 Å². The molecule has 3 heterocycles. The van der Waals surface area contributed by atoms with Gasteiger partial charge < -0.3 is 4.90 Å². The number of aromatic nitrogens is 2. The molecule has 1 aromatic heterocycles. The zero-order valence-corrected chi connectivity index (χ0v) is 14.4. The van der Waals surface area contributed by atoms with Crippen molar-refractivity contribution in [2.75, 3.05) is 26.2 Å². The topological polar surface area (TPSA) is 58.4 Å². The summed E-state index contributed by atoms with van der Waals surface area (Å²) in [5.74, 6) is 0. The maximum Gasteiger partial charge on any atom is 0.217 e. The van der Waals surface area contributed by atoms with Crippen molar-refractivity contribution in [2.45, 2.75) is 56.4 Å². The van der Waals surface area contributed by atoms with E-state index in [1.54, 1.807) is 10.5 Å². The van der Waals surface area contributed by atoms with Gasteiger partial charge in [-0.05, 0) is 51.3 Å². The summed E-state index contributed by atoms with van der Waals surface area (Å²) in [4.78, 5) is 2.51. The Morgan fingerprint density at radius 1 is 1.17 bits per heavy atom. The standard InChI is InChI=1S/C16H26N4O2S/c21-23(22,16-4-5-16)19-12-14-6-8-17-20(14)15(13-19)7-11-18-9-2-1-3-10-18/h6,8,15-16H,1-5,7,9-13H2/t15-/m1/s1. The Kier molecular flexibility index (Phi) is 4.19. The molecule has 23 heavy (non-hydrogen) atoms. The van der Waals surface area contributed by atoms with E-state index >= 15 is 0 Å². The molecule has 1 aromatic rings. The number of nitrogens with zero attached hydrogens (tertiary/aromatic N) is 4. The first-order chi connectivity index (χ1) is 11.1. The molecule has 1 saturated carbocycles. The SMILES string of the molecule is O=S(=O)(C1CC1)N1Cc2ccnn2[C@H](CCN2CCCCC2)C1.